The Labute approximate surface area is 115 Å². The lowest BCUT2D eigenvalue weighted by molar-refractivity contribution is 0.00578. The summed E-state index contributed by atoms with van der Waals surface area (Å²) in [7, 11) is -0.297. The van der Waals surface area contributed by atoms with Crippen LogP contribution in [0.2, 0.25) is 0 Å². The molecule has 1 aliphatic heterocycles. The highest BCUT2D eigenvalue weighted by Gasteiger charge is 2.52. The molecule has 0 amide bonds. The molecule has 104 valence electrons. The lowest BCUT2D eigenvalue weighted by Gasteiger charge is -2.33. The highest BCUT2D eigenvalue weighted by atomic mass is 16.7. The van der Waals surface area contributed by atoms with Crippen molar-refractivity contribution in [3.63, 3.8) is 0 Å². The number of aromatic nitrogens is 2. The minimum Gasteiger partial charge on any atom is -0.399 e. The molecule has 19 heavy (non-hydrogen) atoms. The van der Waals surface area contributed by atoms with Gasteiger partial charge >= 0.3 is 7.12 Å². The maximum atomic E-state index is 6.05. The van der Waals surface area contributed by atoms with Crippen molar-refractivity contribution in [3.05, 3.63) is 12.4 Å². The number of rotatable bonds is 2. The minimum absolute atomic E-state index is 0.288. The van der Waals surface area contributed by atoms with Gasteiger partial charge in [-0.1, -0.05) is 6.92 Å². The Kier molecular flexibility index (Phi) is 2.84. The van der Waals surface area contributed by atoms with Crippen molar-refractivity contribution < 1.29 is 9.31 Å². The highest BCUT2D eigenvalue weighted by molar-refractivity contribution is 6.61. The summed E-state index contributed by atoms with van der Waals surface area (Å²) in [6, 6.07) is 0.552. The summed E-state index contributed by atoms with van der Waals surface area (Å²) in [6.07, 6.45) is 6.50. The Hall–Kier alpha value is -0.805. The topological polar surface area (TPSA) is 36.3 Å². The van der Waals surface area contributed by atoms with Crippen molar-refractivity contribution in [2.24, 2.45) is 5.92 Å². The molecule has 1 aromatic heterocycles. The lowest BCUT2D eigenvalue weighted by Crippen LogP contribution is -2.41. The van der Waals surface area contributed by atoms with E-state index < -0.39 is 0 Å². The molecule has 0 bridgehead atoms. The van der Waals surface area contributed by atoms with Gasteiger partial charge in [-0.25, -0.2) is 0 Å². The molecule has 2 heterocycles. The van der Waals surface area contributed by atoms with E-state index in [1.807, 2.05) is 6.20 Å². The molecule has 0 N–H and O–H groups in total. The first-order valence-electron chi connectivity index (χ1n) is 7.20. The zero-order valence-electron chi connectivity index (χ0n) is 12.5. The second-order valence-corrected chi connectivity index (χ2v) is 6.96. The van der Waals surface area contributed by atoms with Crippen molar-refractivity contribution in [2.75, 3.05) is 0 Å². The predicted molar refractivity (Wildman–Crippen MR) is 75.4 cm³/mol. The molecular formula is C14H23BN2O2. The van der Waals surface area contributed by atoms with Gasteiger partial charge in [-0.2, -0.15) is 5.10 Å². The molecular weight excluding hydrogens is 239 g/mol. The van der Waals surface area contributed by atoms with Crippen molar-refractivity contribution in [1.82, 2.24) is 9.78 Å². The molecule has 0 aromatic carbocycles. The van der Waals surface area contributed by atoms with E-state index in [1.165, 1.54) is 12.8 Å². The Morgan fingerprint density at radius 3 is 2.32 bits per heavy atom. The van der Waals surface area contributed by atoms with Crippen molar-refractivity contribution in [2.45, 2.75) is 64.7 Å². The van der Waals surface area contributed by atoms with Crippen LogP contribution in [0.3, 0.4) is 0 Å². The molecule has 0 radical (unpaired) electrons. The van der Waals surface area contributed by atoms with E-state index in [2.05, 4.69) is 50.6 Å². The smallest absolute Gasteiger partial charge is 0.399 e. The first kappa shape index (κ1) is 13.2. The molecule has 1 aromatic rings. The molecule has 1 unspecified atom stereocenters. The number of nitrogens with zero attached hydrogens (tertiary/aromatic N) is 2. The van der Waals surface area contributed by atoms with Gasteiger partial charge in [-0.3, -0.25) is 4.68 Å². The largest absolute Gasteiger partial charge is 0.498 e. The molecule has 2 atom stereocenters. The summed E-state index contributed by atoms with van der Waals surface area (Å²) in [6.45, 7) is 10.6. The third kappa shape index (κ3) is 2.03. The fourth-order valence-electron chi connectivity index (χ4n) is 2.68. The maximum Gasteiger partial charge on any atom is 0.498 e. The van der Waals surface area contributed by atoms with E-state index in [9.17, 15) is 0 Å². The van der Waals surface area contributed by atoms with Gasteiger partial charge in [-0.05, 0) is 46.5 Å². The van der Waals surface area contributed by atoms with E-state index >= 15 is 0 Å². The first-order valence-corrected chi connectivity index (χ1v) is 7.20. The third-order valence-electron chi connectivity index (χ3n) is 5.06. The van der Waals surface area contributed by atoms with Gasteiger partial charge in [0, 0.05) is 17.9 Å². The van der Waals surface area contributed by atoms with Crippen LogP contribution in [-0.4, -0.2) is 28.1 Å². The molecule has 1 aliphatic carbocycles. The summed E-state index contributed by atoms with van der Waals surface area (Å²) < 4.78 is 14.2. The molecule has 2 aliphatic rings. The summed E-state index contributed by atoms with van der Waals surface area (Å²) in [5.41, 5.74) is 0.449. The van der Waals surface area contributed by atoms with Gasteiger partial charge < -0.3 is 9.31 Å². The van der Waals surface area contributed by atoms with Crippen LogP contribution >= 0.6 is 0 Å². The van der Waals surface area contributed by atoms with Crippen molar-refractivity contribution in [1.29, 1.82) is 0 Å². The van der Waals surface area contributed by atoms with E-state index in [0.29, 0.717) is 6.04 Å². The van der Waals surface area contributed by atoms with Gasteiger partial charge in [0.2, 0.25) is 0 Å². The summed E-state index contributed by atoms with van der Waals surface area (Å²) in [4.78, 5) is 0. The first-order chi connectivity index (χ1) is 8.80. The predicted octanol–water partition coefficient (Wildman–Crippen LogP) is 2.15. The van der Waals surface area contributed by atoms with E-state index in [-0.39, 0.29) is 18.3 Å². The highest BCUT2D eigenvalue weighted by Crippen LogP contribution is 2.38. The van der Waals surface area contributed by atoms with Crippen LogP contribution in [0.4, 0.5) is 0 Å². The van der Waals surface area contributed by atoms with Crippen molar-refractivity contribution in [3.8, 4) is 0 Å². The Morgan fingerprint density at radius 2 is 1.84 bits per heavy atom. The van der Waals surface area contributed by atoms with Gasteiger partial charge in [0.05, 0.1) is 17.2 Å². The summed E-state index contributed by atoms with van der Waals surface area (Å²) in [5.74, 6) is 0.728. The third-order valence-corrected chi connectivity index (χ3v) is 5.06. The molecule has 1 saturated heterocycles. The van der Waals surface area contributed by atoms with Crippen LogP contribution in [0.15, 0.2) is 12.4 Å². The molecule has 0 spiro atoms. The van der Waals surface area contributed by atoms with Gasteiger partial charge in [0.25, 0.3) is 0 Å². The number of hydrogen-bond donors (Lipinski definition) is 0. The van der Waals surface area contributed by atoms with Crippen LogP contribution in [0.25, 0.3) is 0 Å². The quantitative estimate of drug-likeness (QED) is 0.766. The molecule has 1 saturated carbocycles. The Morgan fingerprint density at radius 1 is 1.21 bits per heavy atom. The molecule has 4 nitrogen and oxygen atoms in total. The van der Waals surface area contributed by atoms with Gasteiger partial charge in [0.15, 0.2) is 0 Å². The Balaban J connectivity index is 1.78. The SMILES string of the molecule is C[C@@H]1CCC1n1cc(B2OC(C)(C)C(C)(C)O2)cn1. The monoisotopic (exact) mass is 262 g/mol. The van der Waals surface area contributed by atoms with Crippen LogP contribution in [-0.2, 0) is 9.31 Å². The summed E-state index contributed by atoms with van der Waals surface area (Å²) in [5, 5.41) is 4.49. The average Bonchev–Trinajstić information content (AvgIpc) is 2.81. The second-order valence-electron chi connectivity index (χ2n) is 6.96. The number of hydrogen-bond acceptors (Lipinski definition) is 3. The van der Waals surface area contributed by atoms with E-state index in [4.69, 9.17) is 9.31 Å². The molecule has 5 heteroatoms. The fraction of sp³-hybridized carbons (Fsp3) is 0.786. The standard InChI is InChI=1S/C14H23BN2O2/c1-10-6-7-12(10)17-9-11(8-16-17)15-18-13(2,3)14(4,5)19-15/h8-10,12H,6-7H2,1-5H3/t10-,12?/m1/s1. The van der Waals surface area contributed by atoms with Crippen LogP contribution in [0, 0.1) is 5.92 Å². The zero-order chi connectivity index (χ0) is 13.8. The second kappa shape index (κ2) is 4.09. The summed E-state index contributed by atoms with van der Waals surface area (Å²) >= 11 is 0. The minimum atomic E-state index is -0.297. The molecule has 2 fully saturated rings. The van der Waals surface area contributed by atoms with E-state index in [0.717, 1.165) is 11.4 Å². The average molecular weight is 262 g/mol. The van der Waals surface area contributed by atoms with Gasteiger partial charge in [0.1, 0.15) is 0 Å². The normalized spacial score (nSPS) is 32.4. The zero-order valence-corrected chi connectivity index (χ0v) is 12.5. The van der Waals surface area contributed by atoms with Crippen molar-refractivity contribution >= 4 is 12.6 Å². The van der Waals surface area contributed by atoms with Crippen LogP contribution in [0.1, 0.15) is 53.5 Å². The Bertz CT molecular complexity index is 468. The maximum absolute atomic E-state index is 6.05. The lowest BCUT2D eigenvalue weighted by atomic mass is 9.80. The fourth-order valence-corrected chi connectivity index (χ4v) is 2.68. The van der Waals surface area contributed by atoms with E-state index in [1.54, 1.807) is 0 Å². The molecule has 3 rings (SSSR count). The van der Waals surface area contributed by atoms with Crippen LogP contribution in [0.5, 0.6) is 0 Å². The van der Waals surface area contributed by atoms with Crippen LogP contribution < -0.4 is 5.46 Å². The van der Waals surface area contributed by atoms with Gasteiger partial charge in [-0.15, -0.1) is 0 Å².